The van der Waals surface area contributed by atoms with Gasteiger partial charge in [0.15, 0.2) is 25.6 Å². The van der Waals surface area contributed by atoms with Crippen molar-refractivity contribution in [1.29, 1.82) is 0 Å². The smallest absolute Gasteiger partial charge is 0.514 e. The second-order valence-corrected chi connectivity index (χ2v) is 27.7. The first-order valence-electron chi connectivity index (χ1n) is 18.4. The summed E-state index contributed by atoms with van der Waals surface area (Å²) >= 11 is 0. The molecule has 0 unspecified atom stereocenters. The number of ketones is 2. The molecule has 302 valence electrons. The summed E-state index contributed by atoms with van der Waals surface area (Å²) in [5.41, 5.74) is -4.20. The number of fused-ring (bicyclic) bond motifs is 3. The van der Waals surface area contributed by atoms with E-state index in [1.807, 2.05) is 39.3 Å². The molecule has 4 rings (SSSR count). The number of imide groups is 1. The fourth-order valence-electron chi connectivity index (χ4n) is 6.51. The number of hydrogen-bond acceptors (Lipinski definition) is 12. The summed E-state index contributed by atoms with van der Waals surface area (Å²) in [7, 11) is -3.25. The van der Waals surface area contributed by atoms with Gasteiger partial charge in [-0.2, -0.15) is 4.90 Å². The Kier molecular flexibility index (Phi) is 11.9. The molecule has 2 amide bonds. The van der Waals surface area contributed by atoms with E-state index in [0.29, 0.717) is 10.7 Å². The Morgan fingerprint density at radius 3 is 1.76 bits per heavy atom. The Morgan fingerprint density at radius 2 is 1.29 bits per heavy atom. The number of hydrogen-bond donors (Lipinski definition) is 0. The van der Waals surface area contributed by atoms with Crippen molar-refractivity contribution in [2.45, 2.75) is 131 Å². The molecule has 0 radical (unpaired) electrons. The molecule has 0 fully saturated rings. The highest BCUT2D eigenvalue weighted by Gasteiger charge is 2.53. The molecule has 0 bridgehead atoms. The molecule has 0 aromatic heterocycles. The lowest BCUT2D eigenvalue weighted by Crippen LogP contribution is -2.51. The first-order valence-corrected chi connectivity index (χ1v) is 25.2. The third kappa shape index (κ3) is 10.4. The Balaban J connectivity index is 2.23. The molecule has 0 spiro atoms. The maximum Gasteiger partial charge on any atom is 0.514 e. The summed E-state index contributed by atoms with van der Waals surface area (Å²) in [6.45, 7) is 26.6. The molecule has 55 heavy (non-hydrogen) atoms. The second kappa shape index (κ2) is 15.0. The summed E-state index contributed by atoms with van der Waals surface area (Å²) in [6, 6.07) is 4.67. The van der Waals surface area contributed by atoms with Crippen molar-refractivity contribution >= 4 is 63.0 Å². The third-order valence-corrected chi connectivity index (χ3v) is 9.86. The van der Waals surface area contributed by atoms with Gasteiger partial charge in [0.2, 0.25) is 8.32 Å². The van der Waals surface area contributed by atoms with Crippen LogP contribution in [0.1, 0.15) is 89.5 Å². The number of Topliss-reactive ketones (excluding diaryl/α,β-unsaturated/α-hetero) is 2. The van der Waals surface area contributed by atoms with E-state index in [1.54, 1.807) is 80.5 Å². The minimum atomic E-state index is -2.41. The van der Waals surface area contributed by atoms with Gasteiger partial charge < -0.3 is 32.5 Å². The Morgan fingerprint density at radius 1 is 0.745 bits per heavy atom. The van der Waals surface area contributed by atoms with Crippen LogP contribution in [0.4, 0.5) is 20.1 Å². The van der Waals surface area contributed by atoms with Gasteiger partial charge >= 0.3 is 18.3 Å². The van der Waals surface area contributed by atoms with E-state index in [0.717, 1.165) is 0 Å². The summed E-state index contributed by atoms with van der Waals surface area (Å²) in [5, 5.41) is 0.0888. The van der Waals surface area contributed by atoms with Gasteiger partial charge in [0.05, 0.1) is 47.1 Å². The number of nitrogens with zero attached hydrogens (tertiary/aromatic N) is 1. The van der Waals surface area contributed by atoms with Crippen LogP contribution in [-0.2, 0) is 23.1 Å². The predicted octanol–water partition coefficient (Wildman–Crippen LogP) is 9.81. The largest absolute Gasteiger partial charge is 0.547 e. The molecule has 3 atom stereocenters. The van der Waals surface area contributed by atoms with Gasteiger partial charge in [-0.3, -0.25) is 9.59 Å². The molecule has 0 aliphatic heterocycles. The number of carbonyl (C=O) groups excluding carboxylic acids is 5. The van der Waals surface area contributed by atoms with E-state index in [9.17, 15) is 14.4 Å². The summed E-state index contributed by atoms with van der Waals surface area (Å²) in [6.07, 6.45) is -2.57. The molecule has 2 aliphatic carbocycles. The first-order chi connectivity index (χ1) is 24.9. The van der Waals surface area contributed by atoms with Crippen LogP contribution in [0.3, 0.4) is 0 Å². The Labute approximate surface area is 326 Å². The van der Waals surface area contributed by atoms with Crippen molar-refractivity contribution in [1.82, 2.24) is 0 Å². The molecule has 0 saturated heterocycles. The highest BCUT2D eigenvalue weighted by atomic mass is 28.4. The van der Waals surface area contributed by atoms with E-state index in [-0.39, 0.29) is 45.5 Å². The molecule has 0 saturated carbocycles. The van der Waals surface area contributed by atoms with Gasteiger partial charge in [-0.25, -0.2) is 14.4 Å². The average Bonchev–Trinajstić information content (AvgIpc) is 2.95. The minimum Gasteiger partial charge on any atom is -0.547 e. The molecule has 0 N–H and O–H groups in total. The number of methoxy groups -OCH3 is 1. The quantitative estimate of drug-likeness (QED) is 0.113. The van der Waals surface area contributed by atoms with Crippen molar-refractivity contribution < 1.29 is 56.5 Å². The van der Waals surface area contributed by atoms with Gasteiger partial charge in [0.1, 0.15) is 22.6 Å². The summed E-state index contributed by atoms with van der Waals surface area (Å²) < 4.78 is 41.9. The fourth-order valence-corrected chi connectivity index (χ4v) is 8.48. The molecule has 13 nitrogen and oxygen atoms in total. The van der Waals surface area contributed by atoms with Crippen LogP contribution in [-0.4, -0.2) is 76.6 Å². The standard InChI is InChI=1S/C40H57NO12Si2/c1-38(2,3)49-35(44)41(36(45)50-39(4,5)6)31-27-23(18-17-19-25(27)47-10)34(48-37(46)51-40(7,8)9)30-29(31)33(43)28-24(32(30)42)20-22(52-54(11,12)13)21-26(28)53-55(14,15)16/h17-19,21,24,26,28H,20H2,1-16H3/t24-,26+,28-/m1/s1. The zero-order valence-electron chi connectivity index (χ0n) is 35.1. The minimum absolute atomic E-state index is 0.00963. The summed E-state index contributed by atoms with van der Waals surface area (Å²) in [4.78, 5) is 73.6. The van der Waals surface area contributed by atoms with Crippen molar-refractivity contribution in [3.8, 4) is 11.5 Å². The van der Waals surface area contributed by atoms with Gasteiger partial charge in [-0.05, 0) is 114 Å². The van der Waals surface area contributed by atoms with Crippen molar-refractivity contribution in [2.24, 2.45) is 11.8 Å². The van der Waals surface area contributed by atoms with Crippen molar-refractivity contribution in [3.63, 3.8) is 0 Å². The van der Waals surface area contributed by atoms with Crippen LogP contribution in [0.5, 0.6) is 11.5 Å². The third-order valence-electron chi connectivity index (χ3n) is 8.01. The normalized spacial score (nSPS) is 19.1. The maximum absolute atomic E-state index is 15.5. The molecule has 2 aromatic carbocycles. The van der Waals surface area contributed by atoms with Crippen LogP contribution in [0.15, 0.2) is 30.0 Å². The Hall–Kier alpha value is -4.22. The average molecular weight is 800 g/mol. The van der Waals surface area contributed by atoms with E-state index < -0.39 is 81.3 Å². The molecule has 15 heteroatoms. The van der Waals surface area contributed by atoms with Crippen LogP contribution in [0, 0.1) is 11.8 Å². The lowest BCUT2D eigenvalue weighted by Gasteiger charge is -2.42. The zero-order chi connectivity index (χ0) is 41.8. The maximum atomic E-state index is 15.5. The molecular formula is C40H57NO12Si2. The van der Waals surface area contributed by atoms with E-state index in [4.69, 9.17) is 32.5 Å². The van der Waals surface area contributed by atoms with Crippen LogP contribution in [0.2, 0.25) is 39.3 Å². The lowest BCUT2D eigenvalue weighted by molar-refractivity contribution is 0.0202. The molecular weight excluding hydrogens is 743 g/mol. The first kappa shape index (κ1) is 43.5. The van der Waals surface area contributed by atoms with Crippen LogP contribution in [0.25, 0.3) is 10.8 Å². The van der Waals surface area contributed by atoms with Gasteiger partial charge in [0, 0.05) is 17.7 Å². The lowest BCUT2D eigenvalue weighted by atomic mass is 9.66. The zero-order valence-corrected chi connectivity index (χ0v) is 37.1. The highest BCUT2D eigenvalue weighted by Crippen LogP contribution is 2.53. The van der Waals surface area contributed by atoms with Crippen molar-refractivity contribution in [2.75, 3.05) is 12.0 Å². The van der Waals surface area contributed by atoms with E-state index in [2.05, 4.69) is 0 Å². The number of amides is 2. The van der Waals surface area contributed by atoms with E-state index >= 15 is 9.59 Å². The number of ether oxygens (including phenoxy) is 5. The number of anilines is 1. The SMILES string of the molecule is COc1cccc2c(OC(=O)OC(C)(C)C)c3c(c(N(C(=O)OC(C)(C)C)C(=O)OC(C)(C)C)c12)C(=O)[C@H]1[C@@H](O[Si](C)(C)C)C=C(O[Si](C)(C)C)C[C@H]1C3=O. The Bertz CT molecular complexity index is 1890. The monoisotopic (exact) mass is 799 g/mol. The van der Waals surface area contributed by atoms with Gasteiger partial charge in [0.25, 0.3) is 0 Å². The number of rotatable bonds is 7. The summed E-state index contributed by atoms with van der Waals surface area (Å²) in [5.74, 6) is -3.02. The molecule has 0 heterocycles. The van der Waals surface area contributed by atoms with Gasteiger partial charge in [-0.15, -0.1) is 0 Å². The highest BCUT2D eigenvalue weighted by molar-refractivity contribution is 6.70. The number of benzene rings is 2. The predicted molar refractivity (Wildman–Crippen MR) is 213 cm³/mol. The molecule has 2 aliphatic rings. The molecule has 2 aromatic rings. The number of carbonyl (C=O) groups is 5. The topological polar surface area (TPSA) is 153 Å². The number of allylic oxidation sites excluding steroid dienone is 1. The second-order valence-electron chi connectivity index (χ2n) is 18.8. The van der Waals surface area contributed by atoms with Crippen LogP contribution >= 0.6 is 0 Å². The van der Waals surface area contributed by atoms with Crippen molar-refractivity contribution in [3.05, 3.63) is 41.2 Å². The van der Waals surface area contributed by atoms with E-state index in [1.165, 1.54) is 13.2 Å². The fraction of sp³-hybridized carbons (Fsp3) is 0.575. The van der Waals surface area contributed by atoms with Gasteiger partial charge in [-0.1, -0.05) is 12.1 Å². The van der Waals surface area contributed by atoms with Crippen LogP contribution < -0.4 is 14.4 Å².